The van der Waals surface area contributed by atoms with Gasteiger partial charge in [0, 0.05) is 6.04 Å². The van der Waals surface area contributed by atoms with Crippen LogP contribution in [0, 0.1) is 25.7 Å². The molecular weight excluding hydrogens is 384 g/mol. The number of hydrogen-bond donors (Lipinski definition) is 1. The molecule has 1 amide bonds. The van der Waals surface area contributed by atoms with Gasteiger partial charge in [-0.05, 0) is 49.4 Å². The summed E-state index contributed by atoms with van der Waals surface area (Å²) in [5, 5.41) is 3.02. The molecule has 2 aromatic carbocycles. The molecule has 158 valence electrons. The molecule has 29 heavy (non-hydrogen) atoms. The summed E-state index contributed by atoms with van der Waals surface area (Å²) in [7, 11) is -3.89. The predicted octanol–water partition coefficient (Wildman–Crippen LogP) is 4.30. The van der Waals surface area contributed by atoms with Crippen LogP contribution in [0.1, 0.15) is 38.8 Å². The van der Waals surface area contributed by atoms with E-state index in [4.69, 9.17) is 0 Å². The third kappa shape index (κ3) is 5.60. The molecule has 2 rings (SSSR count). The number of benzene rings is 2. The van der Waals surface area contributed by atoms with Crippen LogP contribution in [0.2, 0.25) is 0 Å². The van der Waals surface area contributed by atoms with Crippen LogP contribution in [0.15, 0.2) is 53.4 Å². The van der Waals surface area contributed by atoms with Gasteiger partial charge in [0.2, 0.25) is 5.91 Å². The fraction of sp³-hybridized carbons (Fsp3) is 0.435. The Kier molecular flexibility index (Phi) is 7.47. The molecule has 1 N–H and O–H groups in total. The highest BCUT2D eigenvalue weighted by Gasteiger charge is 2.29. The van der Waals surface area contributed by atoms with Gasteiger partial charge in [-0.2, -0.15) is 0 Å². The van der Waals surface area contributed by atoms with Gasteiger partial charge in [-0.1, -0.05) is 63.6 Å². The second kappa shape index (κ2) is 9.44. The molecule has 0 aliphatic heterocycles. The molecule has 0 radical (unpaired) electrons. The van der Waals surface area contributed by atoms with Crippen LogP contribution in [0.3, 0.4) is 0 Å². The molecule has 0 saturated heterocycles. The topological polar surface area (TPSA) is 66.5 Å². The van der Waals surface area contributed by atoms with E-state index in [2.05, 4.69) is 5.32 Å². The van der Waals surface area contributed by atoms with E-state index < -0.39 is 10.0 Å². The molecule has 0 aromatic heterocycles. The second-order valence-electron chi connectivity index (χ2n) is 8.19. The Morgan fingerprint density at radius 2 is 1.48 bits per heavy atom. The fourth-order valence-corrected chi connectivity index (χ4v) is 4.93. The zero-order chi connectivity index (χ0) is 21.8. The van der Waals surface area contributed by atoms with Gasteiger partial charge in [0.1, 0.15) is 6.54 Å². The highest BCUT2D eigenvalue weighted by molar-refractivity contribution is 7.92. The van der Waals surface area contributed by atoms with Crippen molar-refractivity contribution >= 4 is 21.6 Å². The van der Waals surface area contributed by atoms with E-state index in [0.717, 1.165) is 11.1 Å². The Bertz CT molecular complexity index is 927. The maximum Gasteiger partial charge on any atom is 0.264 e. The molecule has 0 saturated carbocycles. The molecule has 0 bridgehead atoms. The van der Waals surface area contributed by atoms with E-state index in [1.54, 1.807) is 36.4 Å². The molecule has 0 fully saturated rings. The molecular formula is C23H32N2O3S. The van der Waals surface area contributed by atoms with Crippen molar-refractivity contribution in [3.8, 4) is 0 Å². The Balaban J connectivity index is 2.42. The first-order valence-electron chi connectivity index (χ1n) is 9.98. The van der Waals surface area contributed by atoms with E-state index in [9.17, 15) is 13.2 Å². The predicted molar refractivity (Wildman–Crippen MR) is 118 cm³/mol. The van der Waals surface area contributed by atoms with Gasteiger partial charge in [-0.3, -0.25) is 9.10 Å². The van der Waals surface area contributed by atoms with Gasteiger partial charge in [-0.25, -0.2) is 8.42 Å². The number of para-hydroxylation sites is 1. The number of sulfonamides is 1. The monoisotopic (exact) mass is 416 g/mol. The Labute approximate surface area is 175 Å². The number of hydrogen-bond acceptors (Lipinski definition) is 3. The zero-order valence-corrected chi connectivity index (χ0v) is 19.0. The van der Waals surface area contributed by atoms with E-state index in [0.29, 0.717) is 5.69 Å². The number of anilines is 1. The summed E-state index contributed by atoms with van der Waals surface area (Å²) in [5.74, 6) is 0.190. The molecule has 0 aliphatic carbocycles. The molecule has 2 aromatic rings. The summed E-state index contributed by atoms with van der Waals surface area (Å²) in [4.78, 5) is 13.0. The lowest BCUT2D eigenvalue weighted by Gasteiger charge is -2.29. The highest BCUT2D eigenvalue weighted by atomic mass is 32.2. The number of carbonyl (C=O) groups excluding carboxylic acids is 1. The minimum atomic E-state index is -3.89. The van der Waals surface area contributed by atoms with Crippen molar-refractivity contribution in [3.05, 3.63) is 59.7 Å². The maximum absolute atomic E-state index is 13.4. The first-order valence-corrected chi connectivity index (χ1v) is 11.4. The summed E-state index contributed by atoms with van der Waals surface area (Å²) in [6.07, 6.45) is 0. The van der Waals surface area contributed by atoms with E-state index in [-0.39, 0.29) is 35.2 Å². The Morgan fingerprint density at radius 3 is 2.00 bits per heavy atom. The Morgan fingerprint density at radius 1 is 0.931 bits per heavy atom. The van der Waals surface area contributed by atoms with Gasteiger partial charge in [0.15, 0.2) is 0 Å². The number of aryl methyl sites for hydroxylation is 2. The summed E-state index contributed by atoms with van der Waals surface area (Å²) in [6, 6.07) is 13.9. The van der Waals surface area contributed by atoms with Crippen molar-refractivity contribution < 1.29 is 13.2 Å². The smallest absolute Gasteiger partial charge is 0.264 e. The SMILES string of the molecule is Cc1ccc(S(=O)(=O)N(CC(=O)NC(C(C)C)C(C)C)c2ccccc2C)cc1. The van der Waals surface area contributed by atoms with Crippen LogP contribution in [0.25, 0.3) is 0 Å². The third-order valence-corrected chi connectivity index (χ3v) is 6.82. The van der Waals surface area contributed by atoms with Crippen molar-refractivity contribution in [1.82, 2.24) is 5.32 Å². The average molecular weight is 417 g/mol. The summed E-state index contributed by atoms with van der Waals surface area (Å²) in [5.41, 5.74) is 2.27. The number of rotatable bonds is 8. The molecule has 0 heterocycles. The number of carbonyl (C=O) groups is 1. The molecule has 0 atom stereocenters. The third-order valence-electron chi connectivity index (χ3n) is 5.04. The minimum Gasteiger partial charge on any atom is -0.351 e. The summed E-state index contributed by atoms with van der Waals surface area (Å²) in [6.45, 7) is 11.7. The average Bonchev–Trinajstić information content (AvgIpc) is 2.64. The van der Waals surface area contributed by atoms with Crippen LogP contribution in [0.5, 0.6) is 0 Å². The van der Waals surface area contributed by atoms with Crippen molar-refractivity contribution in [2.45, 2.75) is 52.5 Å². The summed E-state index contributed by atoms with van der Waals surface area (Å²) < 4.78 is 28.1. The number of nitrogens with one attached hydrogen (secondary N) is 1. The second-order valence-corrected chi connectivity index (χ2v) is 10.1. The van der Waals surface area contributed by atoms with Crippen molar-refractivity contribution in [3.63, 3.8) is 0 Å². The van der Waals surface area contributed by atoms with Crippen LogP contribution < -0.4 is 9.62 Å². The summed E-state index contributed by atoms with van der Waals surface area (Å²) >= 11 is 0. The highest BCUT2D eigenvalue weighted by Crippen LogP contribution is 2.27. The number of nitrogens with zero attached hydrogens (tertiary/aromatic N) is 1. The minimum absolute atomic E-state index is 0.0247. The van der Waals surface area contributed by atoms with Gasteiger partial charge in [0.05, 0.1) is 10.6 Å². The van der Waals surface area contributed by atoms with Crippen molar-refractivity contribution in [2.24, 2.45) is 11.8 Å². The first-order chi connectivity index (χ1) is 13.5. The van der Waals surface area contributed by atoms with Gasteiger partial charge < -0.3 is 5.32 Å². The molecule has 5 nitrogen and oxygen atoms in total. The van der Waals surface area contributed by atoms with Crippen molar-refractivity contribution in [1.29, 1.82) is 0 Å². The molecule has 0 spiro atoms. The van der Waals surface area contributed by atoms with Crippen molar-refractivity contribution in [2.75, 3.05) is 10.8 Å². The number of amides is 1. The van der Waals surface area contributed by atoms with Crippen LogP contribution in [-0.4, -0.2) is 26.9 Å². The van der Waals surface area contributed by atoms with Gasteiger partial charge >= 0.3 is 0 Å². The lowest BCUT2D eigenvalue weighted by Crippen LogP contribution is -2.48. The van der Waals surface area contributed by atoms with Crippen LogP contribution in [0.4, 0.5) is 5.69 Å². The quantitative estimate of drug-likeness (QED) is 0.698. The van der Waals surface area contributed by atoms with Crippen LogP contribution in [-0.2, 0) is 14.8 Å². The van der Waals surface area contributed by atoms with Crippen LogP contribution >= 0.6 is 0 Å². The maximum atomic E-state index is 13.4. The molecule has 0 aliphatic rings. The molecule has 0 unspecified atom stereocenters. The fourth-order valence-electron chi connectivity index (χ4n) is 3.45. The lowest BCUT2D eigenvalue weighted by atomic mass is 9.93. The largest absolute Gasteiger partial charge is 0.351 e. The van der Waals surface area contributed by atoms with E-state index in [1.807, 2.05) is 53.7 Å². The standard InChI is InChI=1S/C23H32N2O3S/c1-16(2)23(17(3)4)24-22(26)15-25(21-10-8-7-9-19(21)6)29(27,28)20-13-11-18(5)12-14-20/h7-14,16-17,23H,15H2,1-6H3,(H,24,26). The van der Waals surface area contributed by atoms with Gasteiger partial charge in [-0.15, -0.1) is 0 Å². The molecule has 6 heteroatoms. The zero-order valence-electron chi connectivity index (χ0n) is 18.1. The normalized spacial score (nSPS) is 11.9. The van der Waals surface area contributed by atoms with Gasteiger partial charge in [0.25, 0.3) is 10.0 Å². The van der Waals surface area contributed by atoms with E-state index in [1.165, 1.54) is 4.31 Å². The van der Waals surface area contributed by atoms with E-state index >= 15 is 0 Å². The lowest BCUT2D eigenvalue weighted by molar-refractivity contribution is -0.121. The first kappa shape index (κ1) is 22.9. The Hall–Kier alpha value is -2.34.